The number of rotatable bonds is 7. The summed E-state index contributed by atoms with van der Waals surface area (Å²) in [5.41, 5.74) is 4.43. The van der Waals surface area contributed by atoms with Crippen molar-refractivity contribution in [1.82, 2.24) is 14.8 Å². The Morgan fingerprint density at radius 1 is 0.892 bits per heavy atom. The molecule has 1 aliphatic heterocycles. The molecule has 0 unspecified atom stereocenters. The minimum absolute atomic E-state index is 0.0697. The Kier molecular flexibility index (Phi) is 6.60. The highest BCUT2D eigenvalue weighted by Crippen LogP contribution is 2.30. The van der Waals surface area contributed by atoms with Gasteiger partial charge in [0.15, 0.2) is 0 Å². The first-order valence-corrected chi connectivity index (χ1v) is 12.1. The van der Waals surface area contributed by atoms with E-state index in [-0.39, 0.29) is 12.1 Å². The molecule has 0 atom stereocenters. The zero-order chi connectivity index (χ0) is 25.9. The van der Waals surface area contributed by atoms with E-state index < -0.39 is 17.8 Å². The largest absolute Gasteiger partial charge is 0.492 e. The lowest BCUT2D eigenvalue weighted by Crippen LogP contribution is -2.53. The zero-order valence-corrected chi connectivity index (χ0v) is 20.7. The van der Waals surface area contributed by atoms with Crippen LogP contribution in [-0.4, -0.2) is 33.9 Å². The third kappa shape index (κ3) is 4.89. The monoisotopic (exact) mass is 493 g/mol. The van der Waals surface area contributed by atoms with Crippen LogP contribution in [0.4, 0.5) is 4.79 Å². The third-order valence-corrected chi connectivity index (χ3v) is 6.51. The number of aryl methyl sites for hydroxylation is 1. The van der Waals surface area contributed by atoms with E-state index in [0.717, 1.165) is 43.9 Å². The van der Waals surface area contributed by atoms with Gasteiger partial charge < -0.3 is 9.30 Å². The van der Waals surface area contributed by atoms with Crippen LogP contribution in [0.1, 0.15) is 22.4 Å². The first-order chi connectivity index (χ1) is 17.9. The van der Waals surface area contributed by atoms with Gasteiger partial charge in [0.05, 0.1) is 13.1 Å². The van der Waals surface area contributed by atoms with Gasteiger partial charge in [-0.2, -0.15) is 0 Å². The van der Waals surface area contributed by atoms with E-state index in [1.807, 2.05) is 92.7 Å². The van der Waals surface area contributed by atoms with Gasteiger partial charge in [-0.25, -0.2) is 4.79 Å². The number of ether oxygens (including phenoxy) is 1. The second-order valence-electron chi connectivity index (χ2n) is 9.03. The summed E-state index contributed by atoms with van der Waals surface area (Å²) in [5.74, 6) is -0.514. The number of nitrogens with one attached hydrogen (secondary N) is 1. The van der Waals surface area contributed by atoms with Gasteiger partial charge in [-0.05, 0) is 49.8 Å². The molecule has 1 saturated heterocycles. The molecule has 1 aromatic heterocycles. The number of barbiturate groups is 1. The van der Waals surface area contributed by atoms with Crippen molar-refractivity contribution in [2.24, 2.45) is 0 Å². The number of carbonyl (C=O) groups is 3. The second-order valence-corrected chi connectivity index (χ2v) is 9.03. The van der Waals surface area contributed by atoms with Gasteiger partial charge in [-0.3, -0.25) is 19.8 Å². The molecule has 4 amide bonds. The van der Waals surface area contributed by atoms with E-state index in [2.05, 4.69) is 9.88 Å². The summed E-state index contributed by atoms with van der Waals surface area (Å²) < 4.78 is 8.04. The SMILES string of the molecule is Cc1ccc2c(c1)c(/C=C1/C(=O)NC(=O)N(Cc3ccccc3)C1=O)c(C)n2CCOc1ccccc1. The average molecular weight is 494 g/mol. The number of carbonyl (C=O) groups excluding carboxylic acids is 3. The molecule has 0 spiro atoms. The molecule has 0 radical (unpaired) electrons. The Balaban J connectivity index is 1.49. The van der Waals surface area contributed by atoms with Gasteiger partial charge in [0.25, 0.3) is 11.8 Å². The summed E-state index contributed by atoms with van der Waals surface area (Å²) in [5, 5.41) is 3.25. The van der Waals surface area contributed by atoms with E-state index >= 15 is 0 Å². The summed E-state index contributed by atoms with van der Waals surface area (Å²) in [7, 11) is 0. The van der Waals surface area contributed by atoms with Crippen molar-refractivity contribution in [3.8, 4) is 5.75 Å². The van der Waals surface area contributed by atoms with Crippen molar-refractivity contribution in [2.75, 3.05) is 6.61 Å². The maximum atomic E-state index is 13.4. The quantitative estimate of drug-likeness (QED) is 0.290. The van der Waals surface area contributed by atoms with Crippen molar-refractivity contribution in [3.05, 3.63) is 107 Å². The first kappa shape index (κ1) is 24.1. The molecule has 4 aromatic rings. The molecule has 0 aliphatic carbocycles. The van der Waals surface area contributed by atoms with Gasteiger partial charge in [0, 0.05) is 22.2 Å². The fourth-order valence-corrected chi connectivity index (χ4v) is 4.61. The van der Waals surface area contributed by atoms with Crippen LogP contribution >= 0.6 is 0 Å². The predicted molar refractivity (Wildman–Crippen MR) is 142 cm³/mol. The van der Waals surface area contributed by atoms with Crippen LogP contribution in [0, 0.1) is 13.8 Å². The molecule has 3 aromatic carbocycles. The lowest BCUT2D eigenvalue weighted by atomic mass is 10.0. The van der Waals surface area contributed by atoms with Gasteiger partial charge in [-0.1, -0.05) is 60.2 Å². The van der Waals surface area contributed by atoms with E-state index in [1.54, 1.807) is 6.08 Å². The molecule has 186 valence electrons. The minimum Gasteiger partial charge on any atom is -0.492 e. The van der Waals surface area contributed by atoms with Crippen LogP contribution in [0.25, 0.3) is 17.0 Å². The Hall–Kier alpha value is -4.65. The van der Waals surface area contributed by atoms with Crippen LogP contribution in [0.15, 0.2) is 84.4 Å². The molecule has 7 heteroatoms. The summed E-state index contributed by atoms with van der Waals surface area (Å²) in [6.07, 6.45) is 1.60. The predicted octanol–water partition coefficient (Wildman–Crippen LogP) is 5.00. The Morgan fingerprint density at radius 3 is 2.32 bits per heavy atom. The van der Waals surface area contributed by atoms with E-state index in [1.165, 1.54) is 0 Å². The smallest absolute Gasteiger partial charge is 0.331 e. The molecule has 2 heterocycles. The number of aromatic nitrogens is 1. The molecule has 37 heavy (non-hydrogen) atoms. The highest BCUT2D eigenvalue weighted by atomic mass is 16.5. The number of benzene rings is 3. The third-order valence-electron chi connectivity index (χ3n) is 6.51. The Labute approximate surface area is 215 Å². The minimum atomic E-state index is -0.718. The molecule has 1 aliphatic rings. The number of imide groups is 2. The number of fused-ring (bicyclic) bond motifs is 1. The summed E-state index contributed by atoms with van der Waals surface area (Å²) in [6, 6.07) is 24.2. The normalized spacial score (nSPS) is 14.9. The molecular weight excluding hydrogens is 466 g/mol. The molecular formula is C30H27N3O4. The fraction of sp³-hybridized carbons (Fsp3) is 0.167. The molecule has 1 N–H and O–H groups in total. The van der Waals surface area contributed by atoms with Crippen LogP contribution in [-0.2, 0) is 22.7 Å². The lowest BCUT2D eigenvalue weighted by Gasteiger charge is -2.26. The van der Waals surface area contributed by atoms with E-state index in [0.29, 0.717) is 13.2 Å². The summed E-state index contributed by atoms with van der Waals surface area (Å²) in [6.45, 7) is 5.08. The average Bonchev–Trinajstić information content (AvgIpc) is 3.15. The van der Waals surface area contributed by atoms with Crippen molar-refractivity contribution >= 4 is 34.8 Å². The second kappa shape index (κ2) is 10.1. The zero-order valence-electron chi connectivity index (χ0n) is 20.7. The summed E-state index contributed by atoms with van der Waals surface area (Å²) >= 11 is 0. The number of urea groups is 1. The summed E-state index contributed by atoms with van der Waals surface area (Å²) in [4.78, 5) is 39.7. The molecule has 7 nitrogen and oxygen atoms in total. The number of hydrogen-bond acceptors (Lipinski definition) is 4. The molecule has 0 bridgehead atoms. The molecule has 0 saturated carbocycles. The van der Waals surface area contributed by atoms with Crippen molar-refractivity contribution < 1.29 is 19.1 Å². The highest BCUT2D eigenvalue weighted by Gasteiger charge is 2.36. The van der Waals surface area contributed by atoms with E-state index in [4.69, 9.17) is 4.74 Å². The van der Waals surface area contributed by atoms with E-state index in [9.17, 15) is 14.4 Å². The van der Waals surface area contributed by atoms with Crippen molar-refractivity contribution in [3.63, 3.8) is 0 Å². The van der Waals surface area contributed by atoms with Crippen molar-refractivity contribution in [2.45, 2.75) is 26.9 Å². The van der Waals surface area contributed by atoms with Gasteiger partial charge in [0.2, 0.25) is 0 Å². The van der Waals surface area contributed by atoms with Crippen LogP contribution < -0.4 is 10.1 Å². The lowest BCUT2D eigenvalue weighted by molar-refractivity contribution is -0.130. The Bertz CT molecular complexity index is 1520. The van der Waals surface area contributed by atoms with Gasteiger partial charge in [0.1, 0.15) is 17.9 Å². The first-order valence-electron chi connectivity index (χ1n) is 12.1. The van der Waals surface area contributed by atoms with Crippen molar-refractivity contribution in [1.29, 1.82) is 0 Å². The highest BCUT2D eigenvalue weighted by molar-refractivity contribution is 6.31. The van der Waals surface area contributed by atoms with Crippen LogP contribution in [0.5, 0.6) is 5.75 Å². The van der Waals surface area contributed by atoms with Crippen LogP contribution in [0.2, 0.25) is 0 Å². The number of amides is 4. The standard InChI is InChI=1S/C30H27N3O4/c1-20-13-14-27-25(17-20)24(21(2)32(27)15-16-37-23-11-7-4-8-12-23)18-26-28(34)31-30(36)33(29(26)35)19-22-9-5-3-6-10-22/h3-14,17-18H,15-16,19H2,1-2H3,(H,31,34,36)/b26-18-. The fourth-order valence-electron chi connectivity index (χ4n) is 4.61. The number of para-hydroxylation sites is 1. The van der Waals surface area contributed by atoms with Gasteiger partial charge >= 0.3 is 6.03 Å². The maximum Gasteiger partial charge on any atom is 0.331 e. The van der Waals surface area contributed by atoms with Crippen LogP contribution in [0.3, 0.4) is 0 Å². The Morgan fingerprint density at radius 2 is 1.59 bits per heavy atom. The maximum absolute atomic E-state index is 13.4. The number of nitrogens with zero attached hydrogens (tertiary/aromatic N) is 2. The molecule has 5 rings (SSSR count). The number of hydrogen-bond donors (Lipinski definition) is 1. The molecule has 1 fully saturated rings. The topological polar surface area (TPSA) is 80.6 Å². The van der Waals surface area contributed by atoms with Gasteiger partial charge in [-0.15, -0.1) is 0 Å².